The molecular weight excluding hydrogens is 326 g/mol. The molecule has 0 radical (unpaired) electrons. The van der Waals surface area contributed by atoms with Crippen molar-refractivity contribution >= 4 is 16.3 Å². The van der Waals surface area contributed by atoms with E-state index in [2.05, 4.69) is 91.9 Å². The summed E-state index contributed by atoms with van der Waals surface area (Å²) in [6, 6.07) is 19.2. The smallest absolute Gasteiger partial charge is 0.0743 e. The average Bonchev–Trinajstić information content (AvgIpc) is 2.74. The van der Waals surface area contributed by atoms with Crippen molar-refractivity contribution in [1.82, 2.24) is 4.98 Å². The molecule has 0 aliphatic heterocycles. The first-order valence-corrected chi connectivity index (χ1v) is 9.83. The van der Waals surface area contributed by atoms with Gasteiger partial charge in [0.05, 0.1) is 5.69 Å². The number of hydrogen-bond donors (Lipinski definition) is 0. The summed E-state index contributed by atoms with van der Waals surface area (Å²) in [4.78, 5) is 4.96. The number of fused-ring (bicyclic) bond motifs is 1. The van der Waals surface area contributed by atoms with Crippen LogP contribution in [-0.4, -0.2) is 4.98 Å². The lowest BCUT2D eigenvalue weighted by atomic mass is 9.84. The molecule has 1 unspecified atom stereocenters. The molecule has 3 aromatic rings. The zero-order valence-electron chi connectivity index (χ0n) is 15.8. The van der Waals surface area contributed by atoms with E-state index in [4.69, 9.17) is 4.98 Å². The molecule has 0 fully saturated rings. The third kappa shape index (κ3) is 3.64. The fraction of sp³-hybridized carbons (Fsp3) is 0.192. The average molecular weight is 351 g/mol. The van der Waals surface area contributed by atoms with Crippen LogP contribution in [0.25, 0.3) is 27.5 Å². The van der Waals surface area contributed by atoms with Gasteiger partial charge in [0.2, 0.25) is 0 Å². The molecule has 1 nitrogen and oxygen atoms in total. The first-order valence-electron chi connectivity index (χ1n) is 9.83. The van der Waals surface area contributed by atoms with Crippen molar-refractivity contribution in [1.29, 1.82) is 0 Å². The molecule has 27 heavy (non-hydrogen) atoms. The summed E-state index contributed by atoms with van der Waals surface area (Å²) in [7, 11) is 0. The molecular formula is C26H25N. The van der Waals surface area contributed by atoms with Gasteiger partial charge in [-0.3, -0.25) is 4.98 Å². The van der Waals surface area contributed by atoms with Crippen molar-refractivity contribution in [2.24, 2.45) is 5.92 Å². The van der Waals surface area contributed by atoms with E-state index in [1.165, 1.54) is 27.5 Å². The molecule has 2 aromatic carbocycles. The minimum absolute atomic E-state index is 0.497. The Labute approximate surface area is 161 Å². The number of benzene rings is 2. The van der Waals surface area contributed by atoms with Gasteiger partial charge in [0.1, 0.15) is 0 Å². The molecule has 1 aromatic heterocycles. The topological polar surface area (TPSA) is 12.9 Å². The van der Waals surface area contributed by atoms with E-state index in [0.29, 0.717) is 5.92 Å². The number of pyridine rings is 1. The molecule has 134 valence electrons. The normalized spacial score (nSPS) is 16.8. The first-order chi connectivity index (χ1) is 13.4. The molecule has 4 rings (SSSR count). The summed E-state index contributed by atoms with van der Waals surface area (Å²) in [5.41, 5.74) is 4.90. The third-order valence-electron chi connectivity index (χ3n) is 5.25. The molecule has 0 N–H and O–H groups in total. The van der Waals surface area contributed by atoms with E-state index in [9.17, 15) is 0 Å². The molecule has 0 saturated carbocycles. The Hall–Kier alpha value is -2.93. The zero-order chi connectivity index (χ0) is 18.5. The maximum absolute atomic E-state index is 4.96. The number of nitrogens with zero attached hydrogens (tertiary/aromatic N) is 1. The highest BCUT2D eigenvalue weighted by Crippen LogP contribution is 2.37. The Bertz CT molecular complexity index is 1010. The number of rotatable bonds is 5. The third-order valence-corrected chi connectivity index (χ3v) is 5.25. The van der Waals surface area contributed by atoms with Gasteiger partial charge in [0, 0.05) is 17.1 Å². The number of aromatic nitrogens is 1. The van der Waals surface area contributed by atoms with Gasteiger partial charge in [-0.1, -0.05) is 91.9 Å². The van der Waals surface area contributed by atoms with E-state index in [-0.39, 0.29) is 0 Å². The predicted octanol–water partition coefficient (Wildman–Crippen LogP) is 7.22. The Morgan fingerprint density at radius 3 is 2.56 bits per heavy atom. The Kier molecular flexibility index (Phi) is 5.29. The summed E-state index contributed by atoms with van der Waals surface area (Å²) < 4.78 is 0. The van der Waals surface area contributed by atoms with Crippen LogP contribution in [-0.2, 0) is 0 Å². The number of hydrogen-bond acceptors (Lipinski definition) is 1. The van der Waals surface area contributed by atoms with E-state index in [1.54, 1.807) is 0 Å². The SMILES string of the molecule is CCC=CCC1CC=CC=C1c1ncc(-c2ccccc2)c2ccccc12. The lowest BCUT2D eigenvalue weighted by molar-refractivity contribution is 0.686. The maximum Gasteiger partial charge on any atom is 0.0743 e. The molecule has 1 atom stereocenters. The summed E-state index contributed by atoms with van der Waals surface area (Å²) in [6.45, 7) is 2.19. The van der Waals surface area contributed by atoms with Gasteiger partial charge in [-0.25, -0.2) is 0 Å². The van der Waals surface area contributed by atoms with Crippen LogP contribution in [0.2, 0.25) is 0 Å². The van der Waals surface area contributed by atoms with Gasteiger partial charge in [-0.05, 0) is 41.7 Å². The largest absolute Gasteiger partial charge is 0.255 e. The highest BCUT2D eigenvalue weighted by molar-refractivity contribution is 6.01. The van der Waals surface area contributed by atoms with Gasteiger partial charge in [-0.2, -0.15) is 0 Å². The van der Waals surface area contributed by atoms with Crippen LogP contribution in [0, 0.1) is 5.92 Å². The van der Waals surface area contributed by atoms with Crippen molar-refractivity contribution in [2.45, 2.75) is 26.2 Å². The molecule has 0 bridgehead atoms. The van der Waals surface area contributed by atoms with Crippen LogP contribution < -0.4 is 0 Å². The molecule has 1 heteroatoms. The van der Waals surface area contributed by atoms with Crippen molar-refractivity contribution in [3.63, 3.8) is 0 Å². The van der Waals surface area contributed by atoms with E-state index in [0.717, 1.165) is 25.0 Å². The summed E-state index contributed by atoms with van der Waals surface area (Å²) in [6.07, 6.45) is 16.6. The van der Waals surface area contributed by atoms with E-state index in [1.807, 2.05) is 6.20 Å². The van der Waals surface area contributed by atoms with E-state index < -0.39 is 0 Å². The Morgan fingerprint density at radius 2 is 1.74 bits per heavy atom. The maximum atomic E-state index is 4.96. The van der Waals surface area contributed by atoms with Crippen molar-refractivity contribution in [3.05, 3.63) is 96.9 Å². The van der Waals surface area contributed by atoms with Gasteiger partial charge < -0.3 is 0 Å². The monoisotopic (exact) mass is 351 g/mol. The Morgan fingerprint density at radius 1 is 0.963 bits per heavy atom. The lowest BCUT2D eigenvalue weighted by Gasteiger charge is -2.22. The second-order valence-electron chi connectivity index (χ2n) is 7.03. The molecule has 0 saturated heterocycles. The van der Waals surface area contributed by atoms with Crippen molar-refractivity contribution in [3.8, 4) is 11.1 Å². The van der Waals surface area contributed by atoms with Gasteiger partial charge >= 0.3 is 0 Å². The molecule has 0 spiro atoms. The van der Waals surface area contributed by atoms with Crippen LogP contribution >= 0.6 is 0 Å². The minimum atomic E-state index is 0.497. The molecule has 0 amide bonds. The summed E-state index contributed by atoms with van der Waals surface area (Å²) >= 11 is 0. The number of allylic oxidation sites excluding steroid dienone is 6. The molecule has 1 heterocycles. The van der Waals surface area contributed by atoms with Crippen LogP contribution in [0.3, 0.4) is 0 Å². The minimum Gasteiger partial charge on any atom is -0.255 e. The van der Waals surface area contributed by atoms with Crippen molar-refractivity contribution in [2.75, 3.05) is 0 Å². The predicted molar refractivity (Wildman–Crippen MR) is 116 cm³/mol. The quantitative estimate of drug-likeness (QED) is 0.442. The fourth-order valence-corrected chi connectivity index (χ4v) is 3.87. The van der Waals surface area contributed by atoms with E-state index >= 15 is 0 Å². The second-order valence-corrected chi connectivity index (χ2v) is 7.03. The highest BCUT2D eigenvalue weighted by atomic mass is 14.7. The van der Waals surface area contributed by atoms with Crippen molar-refractivity contribution < 1.29 is 0 Å². The summed E-state index contributed by atoms with van der Waals surface area (Å²) in [5.74, 6) is 0.497. The van der Waals surface area contributed by atoms with Crippen LogP contribution in [0.1, 0.15) is 31.9 Å². The lowest BCUT2D eigenvalue weighted by Crippen LogP contribution is -2.07. The van der Waals surface area contributed by atoms with Gasteiger partial charge in [0.15, 0.2) is 0 Å². The van der Waals surface area contributed by atoms with Gasteiger partial charge in [-0.15, -0.1) is 0 Å². The molecule has 1 aliphatic rings. The van der Waals surface area contributed by atoms with Crippen LogP contribution in [0.4, 0.5) is 0 Å². The highest BCUT2D eigenvalue weighted by Gasteiger charge is 2.20. The zero-order valence-corrected chi connectivity index (χ0v) is 15.8. The standard InChI is InChI=1S/C26H25N/c1-2-3-5-12-20-15-8-9-16-22(20)26-24-18-11-10-17-23(24)25(19-27-26)21-13-6-4-7-14-21/h3-11,13-14,16-20H,2,12,15H2,1H3. The first kappa shape index (κ1) is 17.5. The molecule has 1 aliphatic carbocycles. The fourth-order valence-electron chi connectivity index (χ4n) is 3.87. The van der Waals surface area contributed by atoms with Crippen LogP contribution in [0.5, 0.6) is 0 Å². The van der Waals surface area contributed by atoms with Gasteiger partial charge in [0.25, 0.3) is 0 Å². The Balaban J connectivity index is 1.82. The van der Waals surface area contributed by atoms with Crippen LogP contribution in [0.15, 0.2) is 91.2 Å². The summed E-state index contributed by atoms with van der Waals surface area (Å²) in [5, 5.41) is 2.51. The second kappa shape index (κ2) is 8.18.